The highest BCUT2D eigenvalue weighted by molar-refractivity contribution is 7.72. The molecule has 3 nitrogen and oxygen atoms in total. The van der Waals surface area contributed by atoms with Gasteiger partial charge in [0.1, 0.15) is 0 Å². The SMILES string of the molecule is C[P+](C)(C)C.[O-]B(O)O. The molecule has 0 heterocycles. The van der Waals surface area contributed by atoms with Gasteiger partial charge in [0, 0.05) is 33.9 Å². The van der Waals surface area contributed by atoms with Gasteiger partial charge in [-0.3, -0.25) is 0 Å². The predicted molar refractivity (Wildman–Crippen MR) is 40.8 cm³/mol. The van der Waals surface area contributed by atoms with E-state index in [-0.39, 0.29) is 7.26 Å². The molecule has 0 aromatic heterocycles. The minimum Gasteiger partial charge on any atom is -0.832 e. The predicted octanol–water partition coefficient (Wildman–Crippen LogP) is -1.16. The molecular weight excluding hydrogens is 138 g/mol. The average molecular weight is 152 g/mol. The minimum absolute atomic E-state index is 0.389. The van der Waals surface area contributed by atoms with Gasteiger partial charge in [-0.05, 0) is 0 Å². The summed E-state index contributed by atoms with van der Waals surface area (Å²) in [5.74, 6) is 0. The van der Waals surface area contributed by atoms with Crippen molar-refractivity contribution in [3.8, 4) is 0 Å². The molecule has 0 bridgehead atoms. The van der Waals surface area contributed by atoms with Gasteiger partial charge in [-0.25, -0.2) is 0 Å². The summed E-state index contributed by atoms with van der Waals surface area (Å²) in [6.07, 6.45) is 0. The fourth-order valence-corrected chi connectivity index (χ4v) is 0. The van der Waals surface area contributed by atoms with Crippen LogP contribution in [0.5, 0.6) is 0 Å². The molecule has 0 aliphatic carbocycles. The monoisotopic (exact) mass is 152 g/mol. The largest absolute Gasteiger partial charge is 0.832 e. The second-order valence-corrected chi connectivity index (χ2v) is 8.38. The first-order chi connectivity index (χ1) is 3.73. The maximum atomic E-state index is 8.64. The summed E-state index contributed by atoms with van der Waals surface area (Å²) in [6.45, 7) is 9.19. The molecule has 9 heavy (non-hydrogen) atoms. The highest BCUT2D eigenvalue weighted by atomic mass is 31.2. The summed E-state index contributed by atoms with van der Waals surface area (Å²) in [5.41, 5.74) is 0. The van der Waals surface area contributed by atoms with Gasteiger partial charge >= 0.3 is 7.32 Å². The van der Waals surface area contributed by atoms with Crippen molar-refractivity contribution in [1.82, 2.24) is 0 Å². The summed E-state index contributed by atoms with van der Waals surface area (Å²) in [4.78, 5) is 0. The van der Waals surface area contributed by atoms with Crippen LogP contribution in [0.4, 0.5) is 0 Å². The molecular formula is C4H14BO3P. The molecule has 0 fully saturated rings. The van der Waals surface area contributed by atoms with Crippen molar-refractivity contribution in [2.75, 3.05) is 26.7 Å². The van der Waals surface area contributed by atoms with Gasteiger partial charge in [0.2, 0.25) is 0 Å². The number of rotatable bonds is 0. The van der Waals surface area contributed by atoms with Crippen LogP contribution in [0.25, 0.3) is 0 Å². The van der Waals surface area contributed by atoms with Crippen molar-refractivity contribution in [1.29, 1.82) is 0 Å². The molecule has 0 unspecified atom stereocenters. The number of hydrogen-bond donors (Lipinski definition) is 2. The molecule has 0 saturated heterocycles. The fraction of sp³-hybridized carbons (Fsp3) is 1.00. The van der Waals surface area contributed by atoms with E-state index in [0.29, 0.717) is 0 Å². The second-order valence-electron chi connectivity index (χ2n) is 3.01. The summed E-state index contributed by atoms with van der Waals surface area (Å²) in [6, 6.07) is 0. The molecule has 0 spiro atoms. The molecule has 0 amide bonds. The van der Waals surface area contributed by atoms with Crippen molar-refractivity contribution in [2.45, 2.75) is 0 Å². The average Bonchev–Trinajstić information content (AvgIpc) is 1.19. The minimum atomic E-state index is -2.42. The van der Waals surface area contributed by atoms with Crippen LogP contribution in [-0.2, 0) is 0 Å². The Balaban J connectivity index is 0. The third-order valence-electron chi connectivity index (χ3n) is 0. The summed E-state index contributed by atoms with van der Waals surface area (Å²) in [7, 11) is -2.81. The van der Waals surface area contributed by atoms with E-state index in [1.54, 1.807) is 0 Å². The highest BCUT2D eigenvalue weighted by Gasteiger charge is 2.03. The summed E-state index contributed by atoms with van der Waals surface area (Å²) < 4.78 is 0. The lowest BCUT2D eigenvalue weighted by Crippen LogP contribution is -2.29. The Bertz CT molecular complexity index is 52.6. The maximum absolute atomic E-state index is 8.64. The molecule has 5 heteroatoms. The van der Waals surface area contributed by atoms with Crippen LogP contribution in [0.1, 0.15) is 0 Å². The smallest absolute Gasteiger partial charge is 0.339 e. The summed E-state index contributed by atoms with van der Waals surface area (Å²) in [5, 5.41) is 22.8. The summed E-state index contributed by atoms with van der Waals surface area (Å²) >= 11 is 0. The molecule has 0 radical (unpaired) electrons. The van der Waals surface area contributed by atoms with E-state index < -0.39 is 7.32 Å². The normalized spacial score (nSPS) is 9.67. The van der Waals surface area contributed by atoms with Gasteiger partial charge in [-0.2, -0.15) is 0 Å². The van der Waals surface area contributed by atoms with Crippen LogP contribution in [0.15, 0.2) is 0 Å². The Kier molecular flexibility index (Phi) is 6.96. The standard InChI is InChI=1S/C4H12P.BH2O3/c1-5(2,3)4;2-1(3)4/h1-4H3;2-3H/q+1;-1. The van der Waals surface area contributed by atoms with Crippen LogP contribution < -0.4 is 5.02 Å². The number of hydrogen-bond acceptors (Lipinski definition) is 3. The maximum Gasteiger partial charge on any atom is 0.339 e. The zero-order valence-electron chi connectivity index (χ0n) is 6.33. The lowest BCUT2D eigenvalue weighted by atomic mass is 10.3. The van der Waals surface area contributed by atoms with Gasteiger partial charge in [-0.1, -0.05) is 0 Å². The van der Waals surface area contributed by atoms with E-state index >= 15 is 0 Å². The van der Waals surface area contributed by atoms with Crippen molar-refractivity contribution in [3.05, 3.63) is 0 Å². The van der Waals surface area contributed by atoms with Crippen molar-refractivity contribution in [2.24, 2.45) is 0 Å². The molecule has 0 saturated carbocycles. The van der Waals surface area contributed by atoms with Crippen molar-refractivity contribution < 1.29 is 15.1 Å². The molecule has 0 atom stereocenters. The van der Waals surface area contributed by atoms with E-state index in [2.05, 4.69) is 26.7 Å². The van der Waals surface area contributed by atoms with E-state index in [0.717, 1.165) is 0 Å². The zero-order chi connectivity index (χ0) is 8.08. The third-order valence-corrected chi connectivity index (χ3v) is 0. The lowest BCUT2D eigenvalue weighted by Gasteiger charge is -1.97. The highest BCUT2D eigenvalue weighted by Crippen LogP contribution is 2.40. The Morgan fingerprint density at radius 3 is 1.11 bits per heavy atom. The van der Waals surface area contributed by atoms with E-state index in [9.17, 15) is 0 Å². The van der Waals surface area contributed by atoms with Gasteiger partial charge in [-0.15, -0.1) is 0 Å². The molecule has 56 valence electrons. The van der Waals surface area contributed by atoms with Crippen LogP contribution in [0.3, 0.4) is 0 Å². The van der Waals surface area contributed by atoms with Gasteiger partial charge < -0.3 is 15.1 Å². The molecule has 0 aromatic carbocycles. The van der Waals surface area contributed by atoms with Crippen molar-refractivity contribution >= 4 is 14.6 Å². The zero-order valence-corrected chi connectivity index (χ0v) is 7.22. The van der Waals surface area contributed by atoms with Gasteiger partial charge in [0.15, 0.2) is 0 Å². The molecule has 0 aromatic rings. The first kappa shape index (κ1) is 12.1. The third kappa shape index (κ3) is 2420. The first-order valence-electron chi connectivity index (χ1n) is 2.54. The quantitative estimate of drug-likeness (QED) is 0.340. The Morgan fingerprint density at radius 1 is 1.11 bits per heavy atom. The Morgan fingerprint density at radius 2 is 1.11 bits per heavy atom. The van der Waals surface area contributed by atoms with Crippen LogP contribution in [0, 0.1) is 0 Å². The molecule has 0 aliphatic heterocycles. The van der Waals surface area contributed by atoms with E-state index in [1.165, 1.54) is 0 Å². The van der Waals surface area contributed by atoms with Crippen LogP contribution in [-0.4, -0.2) is 44.0 Å². The van der Waals surface area contributed by atoms with Crippen LogP contribution in [0.2, 0.25) is 0 Å². The Hall–Kier alpha value is 0.375. The van der Waals surface area contributed by atoms with E-state index in [1.807, 2.05) is 0 Å². The van der Waals surface area contributed by atoms with Crippen LogP contribution >= 0.6 is 7.26 Å². The lowest BCUT2D eigenvalue weighted by molar-refractivity contribution is -0.242. The molecule has 0 aliphatic rings. The fourth-order valence-electron chi connectivity index (χ4n) is 0. The molecule has 0 rings (SSSR count). The van der Waals surface area contributed by atoms with Gasteiger partial charge in [0.05, 0.1) is 0 Å². The van der Waals surface area contributed by atoms with E-state index in [4.69, 9.17) is 15.1 Å². The second kappa shape index (κ2) is 5.18. The Labute approximate surface area is 57.2 Å². The first-order valence-corrected chi connectivity index (χ1v) is 6.12. The van der Waals surface area contributed by atoms with Crippen molar-refractivity contribution in [3.63, 3.8) is 0 Å². The molecule has 2 N–H and O–H groups in total. The van der Waals surface area contributed by atoms with Gasteiger partial charge in [0.25, 0.3) is 0 Å². The topological polar surface area (TPSA) is 63.5 Å².